The van der Waals surface area contributed by atoms with Crippen molar-refractivity contribution in [1.29, 1.82) is 0 Å². The van der Waals surface area contributed by atoms with Gasteiger partial charge in [-0.1, -0.05) is 18.2 Å². The van der Waals surface area contributed by atoms with Gasteiger partial charge in [0.05, 0.1) is 27.9 Å². The predicted octanol–water partition coefficient (Wildman–Crippen LogP) is 2.53. The summed E-state index contributed by atoms with van der Waals surface area (Å²) in [5, 5.41) is 19.1. The summed E-state index contributed by atoms with van der Waals surface area (Å²) in [4.78, 5) is 25.7. The number of pyridine rings is 1. The molecular weight excluding hydrogens is 394 g/mol. The Balaban J connectivity index is 1.34. The maximum Gasteiger partial charge on any atom is 0.307 e. The molecule has 2 aromatic carbocycles. The van der Waals surface area contributed by atoms with Crippen molar-refractivity contribution >= 4 is 33.5 Å². The monoisotopic (exact) mass is 411 g/mol. The Morgan fingerprint density at radius 2 is 1.84 bits per heavy atom. The number of hydrazine groups is 1. The van der Waals surface area contributed by atoms with Crippen LogP contribution in [0.25, 0.3) is 33.2 Å². The molecule has 0 fully saturated rings. The third-order valence-corrected chi connectivity index (χ3v) is 5.50. The van der Waals surface area contributed by atoms with Gasteiger partial charge in [0.2, 0.25) is 5.82 Å². The molecule has 0 spiro atoms. The molecule has 9 heteroatoms. The second-order valence-electron chi connectivity index (χ2n) is 7.42. The number of carbonyl (C=O) groups excluding carboxylic acids is 1. The number of rotatable bonds is 3. The van der Waals surface area contributed by atoms with E-state index in [-0.39, 0.29) is 5.82 Å². The molecule has 152 valence electrons. The zero-order valence-corrected chi connectivity index (χ0v) is 16.2. The summed E-state index contributed by atoms with van der Waals surface area (Å²) in [5.74, 6) is -0.426. The Morgan fingerprint density at radius 1 is 1.06 bits per heavy atom. The molecule has 6 rings (SSSR count). The molecule has 5 aromatic rings. The van der Waals surface area contributed by atoms with Gasteiger partial charge in [0.15, 0.2) is 0 Å². The Morgan fingerprint density at radius 3 is 2.68 bits per heavy atom. The fourth-order valence-corrected chi connectivity index (χ4v) is 4.03. The van der Waals surface area contributed by atoms with Gasteiger partial charge in [0, 0.05) is 29.8 Å². The molecule has 0 saturated carbocycles. The molecule has 9 nitrogen and oxygen atoms in total. The van der Waals surface area contributed by atoms with Crippen LogP contribution in [0.3, 0.4) is 0 Å². The van der Waals surface area contributed by atoms with E-state index in [1.165, 1.54) is 5.01 Å². The van der Waals surface area contributed by atoms with Crippen molar-refractivity contribution in [3.05, 3.63) is 72.3 Å². The molecule has 1 amide bonds. The van der Waals surface area contributed by atoms with E-state index in [0.717, 1.165) is 33.4 Å². The number of fused-ring (bicyclic) bond motifs is 3. The SMILES string of the molecule is O=C(NN1c2ccccc2C[C@@H]1O)c1nc2cc3[nH][nH]c(-c4ccncc4)c3cc2n1. The highest BCUT2D eigenvalue weighted by atomic mass is 16.3. The smallest absolute Gasteiger partial charge is 0.307 e. The lowest BCUT2D eigenvalue weighted by atomic mass is 10.1. The second-order valence-corrected chi connectivity index (χ2v) is 7.42. The lowest BCUT2D eigenvalue weighted by Gasteiger charge is -2.23. The minimum Gasteiger partial charge on any atom is -0.371 e. The number of nitrogens with zero attached hydrogens (tertiary/aromatic N) is 4. The number of benzene rings is 2. The van der Waals surface area contributed by atoms with E-state index >= 15 is 0 Å². The number of hydrogen-bond donors (Lipinski definition) is 4. The molecule has 0 aliphatic carbocycles. The third-order valence-electron chi connectivity index (χ3n) is 5.50. The molecule has 0 unspecified atom stereocenters. The Kier molecular flexibility index (Phi) is 3.77. The predicted molar refractivity (Wildman–Crippen MR) is 115 cm³/mol. The average Bonchev–Trinajstić information content (AvgIpc) is 3.48. The van der Waals surface area contributed by atoms with E-state index in [9.17, 15) is 9.90 Å². The molecule has 0 bridgehead atoms. The van der Waals surface area contributed by atoms with Crippen LogP contribution in [-0.4, -0.2) is 42.4 Å². The molecule has 1 aliphatic heterocycles. The molecule has 0 radical (unpaired) electrons. The van der Waals surface area contributed by atoms with Crippen molar-refractivity contribution in [2.45, 2.75) is 12.6 Å². The van der Waals surface area contributed by atoms with Crippen molar-refractivity contribution < 1.29 is 9.90 Å². The quantitative estimate of drug-likeness (QED) is 0.362. The van der Waals surface area contributed by atoms with Gasteiger partial charge >= 0.3 is 5.91 Å². The first kappa shape index (κ1) is 17.6. The van der Waals surface area contributed by atoms with Crippen LogP contribution in [0.5, 0.6) is 0 Å². The van der Waals surface area contributed by atoms with Crippen LogP contribution in [-0.2, 0) is 6.42 Å². The average molecular weight is 411 g/mol. The van der Waals surface area contributed by atoms with Gasteiger partial charge in [-0.15, -0.1) is 0 Å². The van der Waals surface area contributed by atoms with E-state index in [2.05, 4.69) is 30.6 Å². The largest absolute Gasteiger partial charge is 0.371 e. The van der Waals surface area contributed by atoms with E-state index in [0.29, 0.717) is 17.5 Å². The highest BCUT2D eigenvalue weighted by Gasteiger charge is 2.29. The first-order valence-electron chi connectivity index (χ1n) is 9.82. The van der Waals surface area contributed by atoms with E-state index in [4.69, 9.17) is 0 Å². The first-order valence-corrected chi connectivity index (χ1v) is 9.82. The number of aromatic amines is 2. The number of para-hydroxylation sites is 1. The van der Waals surface area contributed by atoms with Gasteiger partial charge in [-0.2, -0.15) is 0 Å². The number of H-pyrrole nitrogens is 2. The van der Waals surface area contributed by atoms with Crippen molar-refractivity contribution in [3.8, 4) is 11.3 Å². The Hall–Kier alpha value is -4.24. The molecule has 4 heterocycles. The lowest BCUT2D eigenvalue weighted by molar-refractivity contribution is 0.0894. The number of hydrogen-bond acceptors (Lipinski definition) is 6. The summed E-state index contributed by atoms with van der Waals surface area (Å²) < 4.78 is 0. The molecule has 1 atom stereocenters. The highest BCUT2D eigenvalue weighted by Crippen LogP contribution is 2.30. The number of aliphatic hydroxyl groups excluding tert-OH is 1. The zero-order chi connectivity index (χ0) is 20.9. The van der Waals surface area contributed by atoms with Crippen LogP contribution in [0.2, 0.25) is 0 Å². The number of aliphatic hydroxyl groups is 1. The maximum atomic E-state index is 12.8. The topological polar surface area (TPSA) is 123 Å². The van der Waals surface area contributed by atoms with Crippen molar-refractivity contribution in [3.63, 3.8) is 0 Å². The van der Waals surface area contributed by atoms with Gasteiger partial charge in [0.25, 0.3) is 0 Å². The number of amides is 1. The summed E-state index contributed by atoms with van der Waals surface area (Å²) in [6.07, 6.45) is 3.08. The van der Waals surface area contributed by atoms with Crippen LogP contribution in [0.15, 0.2) is 60.9 Å². The standard InChI is InChI=1S/C22H17N7O2/c30-19-9-13-3-1-2-4-18(13)29(19)28-22(31)21-24-16-10-14-15(11-17(16)25-21)26-27-20(14)12-5-7-23-8-6-12/h1-8,10-11,19,26-27,30H,9H2,(H,28,31)/t19-/m0/s1. The van der Waals surface area contributed by atoms with Crippen LogP contribution in [0, 0.1) is 0 Å². The molecular formula is C22H17N7O2. The minimum absolute atomic E-state index is 0.0497. The van der Waals surface area contributed by atoms with Crippen molar-refractivity contribution in [2.24, 2.45) is 0 Å². The van der Waals surface area contributed by atoms with E-state index in [1.54, 1.807) is 12.4 Å². The zero-order valence-electron chi connectivity index (χ0n) is 16.2. The molecule has 3 aromatic heterocycles. The molecule has 0 saturated heterocycles. The number of imidazole rings is 1. The fraction of sp³-hybridized carbons (Fsp3) is 0.0909. The van der Waals surface area contributed by atoms with Crippen LogP contribution in [0.1, 0.15) is 16.2 Å². The van der Waals surface area contributed by atoms with Gasteiger partial charge in [-0.05, 0) is 35.9 Å². The first-order chi connectivity index (χ1) is 15.2. The van der Waals surface area contributed by atoms with Crippen LogP contribution >= 0.6 is 0 Å². The minimum atomic E-state index is -0.831. The molecule has 4 N–H and O–H groups in total. The number of carbonyl (C=O) groups is 1. The van der Waals surface area contributed by atoms with Gasteiger partial charge in [0.1, 0.15) is 6.23 Å². The van der Waals surface area contributed by atoms with Crippen LogP contribution < -0.4 is 10.4 Å². The normalized spacial score (nSPS) is 15.5. The summed E-state index contributed by atoms with van der Waals surface area (Å²) in [6.45, 7) is 0. The number of anilines is 1. The second kappa shape index (κ2) is 6.64. The number of nitrogens with one attached hydrogen (secondary N) is 3. The third kappa shape index (κ3) is 2.82. The molecule has 1 aliphatic rings. The summed E-state index contributed by atoms with van der Waals surface area (Å²) in [6, 6.07) is 15.1. The van der Waals surface area contributed by atoms with Gasteiger partial charge < -0.3 is 10.2 Å². The van der Waals surface area contributed by atoms with Gasteiger partial charge in [-0.3, -0.25) is 25.3 Å². The van der Waals surface area contributed by atoms with Crippen molar-refractivity contribution in [2.75, 3.05) is 5.01 Å². The van der Waals surface area contributed by atoms with E-state index < -0.39 is 12.1 Å². The Bertz CT molecular complexity index is 1440. The van der Waals surface area contributed by atoms with Gasteiger partial charge in [-0.25, -0.2) is 9.97 Å². The fourth-order valence-electron chi connectivity index (χ4n) is 4.03. The molecule has 31 heavy (non-hydrogen) atoms. The Labute approximate surface area is 175 Å². The lowest BCUT2D eigenvalue weighted by Crippen LogP contribution is -2.47. The van der Waals surface area contributed by atoms with E-state index in [1.807, 2.05) is 48.5 Å². The number of aromatic nitrogens is 5. The summed E-state index contributed by atoms with van der Waals surface area (Å²) in [5.41, 5.74) is 8.44. The van der Waals surface area contributed by atoms with Crippen molar-refractivity contribution in [1.82, 2.24) is 30.6 Å². The highest BCUT2D eigenvalue weighted by molar-refractivity contribution is 6.02. The summed E-state index contributed by atoms with van der Waals surface area (Å²) >= 11 is 0. The maximum absolute atomic E-state index is 12.8. The van der Waals surface area contributed by atoms with Crippen LogP contribution in [0.4, 0.5) is 5.69 Å². The summed E-state index contributed by atoms with van der Waals surface area (Å²) in [7, 11) is 0.